The zero-order chi connectivity index (χ0) is 12.7. The van der Waals surface area contributed by atoms with Crippen LogP contribution in [0.1, 0.15) is 39.2 Å². The molecular formula is C15H24O2. The Balaban J connectivity index is 2.41. The molecule has 1 aromatic rings. The second kappa shape index (κ2) is 7.46. The maximum Gasteiger partial charge on any atom is 0.0827 e. The summed E-state index contributed by atoms with van der Waals surface area (Å²) in [6.45, 7) is 6.74. The van der Waals surface area contributed by atoms with E-state index >= 15 is 0 Å². The van der Waals surface area contributed by atoms with Crippen molar-refractivity contribution in [1.29, 1.82) is 0 Å². The molecule has 2 nitrogen and oxygen atoms in total. The molecule has 0 fully saturated rings. The maximum absolute atomic E-state index is 10.1. The smallest absolute Gasteiger partial charge is 0.0827 e. The Morgan fingerprint density at radius 1 is 1.12 bits per heavy atom. The largest absolute Gasteiger partial charge is 0.390 e. The highest BCUT2D eigenvalue weighted by molar-refractivity contribution is 5.13. The van der Waals surface area contributed by atoms with Crippen molar-refractivity contribution in [1.82, 2.24) is 0 Å². The summed E-state index contributed by atoms with van der Waals surface area (Å²) in [6.07, 6.45) is 1.52. The molecule has 0 amide bonds. The monoisotopic (exact) mass is 236 g/mol. The van der Waals surface area contributed by atoms with Crippen molar-refractivity contribution in [2.24, 2.45) is 5.92 Å². The summed E-state index contributed by atoms with van der Waals surface area (Å²) in [5, 5.41) is 10.1. The lowest BCUT2D eigenvalue weighted by molar-refractivity contribution is -0.0609. The van der Waals surface area contributed by atoms with E-state index in [1.807, 2.05) is 37.3 Å². The molecule has 0 heterocycles. The van der Waals surface area contributed by atoms with E-state index in [1.165, 1.54) is 0 Å². The molecule has 1 N–H and O–H groups in total. The van der Waals surface area contributed by atoms with Gasteiger partial charge in [0, 0.05) is 0 Å². The number of ether oxygens (including phenoxy) is 1. The quantitative estimate of drug-likeness (QED) is 0.786. The highest BCUT2D eigenvalue weighted by Gasteiger charge is 2.22. The van der Waals surface area contributed by atoms with Crippen LogP contribution in [0.25, 0.3) is 0 Å². The first-order valence-corrected chi connectivity index (χ1v) is 6.52. The molecule has 2 heteroatoms. The molecule has 2 atom stereocenters. The van der Waals surface area contributed by atoms with Crippen molar-refractivity contribution >= 4 is 0 Å². The van der Waals surface area contributed by atoms with Crippen LogP contribution in [-0.2, 0) is 11.3 Å². The average molecular weight is 236 g/mol. The standard InChI is InChI=1S/C15H24O2/c1-4-14(5-2)15(16)12(3)17-11-13-9-7-6-8-10-13/h6-10,12,14-16H,4-5,11H2,1-3H3/t12-,15+/m0/s1. The van der Waals surface area contributed by atoms with Crippen molar-refractivity contribution < 1.29 is 9.84 Å². The fourth-order valence-corrected chi connectivity index (χ4v) is 2.06. The van der Waals surface area contributed by atoms with Gasteiger partial charge in [0.05, 0.1) is 18.8 Å². The van der Waals surface area contributed by atoms with E-state index in [0.717, 1.165) is 18.4 Å². The first-order valence-electron chi connectivity index (χ1n) is 6.52. The van der Waals surface area contributed by atoms with E-state index in [2.05, 4.69) is 13.8 Å². The van der Waals surface area contributed by atoms with Crippen molar-refractivity contribution in [2.75, 3.05) is 0 Å². The van der Waals surface area contributed by atoms with Gasteiger partial charge in [0.2, 0.25) is 0 Å². The second-order valence-corrected chi connectivity index (χ2v) is 4.57. The predicted octanol–water partition coefficient (Wildman–Crippen LogP) is 3.39. The second-order valence-electron chi connectivity index (χ2n) is 4.57. The minimum Gasteiger partial charge on any atom is -0.390 e. The van der Waals surface area contributed by atoms with E-state index < -0.39 is 0 Å². The molecule has 1 aromatic carbocycles. The van der Waals surface area contributed by atoms with Gasteiger partial charge < -0.3 is 9.84 Å². The highest BCUT2D eigenvalue weighted by Crippen LogP contribution is 2.18. The van der Waals surface area contributed by atoms with Gasteiger partial charge in [0.25, 0.3) is 0 Å². The van der Waals surface area contributed by atoms with Gasteiger partial charge in [-0.3, -0.25) is 0 Å². The molecule has 17 heavy (non-hydrogen) atoms. The molecule has 0 aliphatic heterocycles. The lowest BCUT2D eigenvalue weighted by Crippen LogP contribution is -2.32. The Morgan fingerprint density at radius 2 is 1.71 bits per heavy atom. The van der Waals surface area contributed by atoms with Crippen LogP contribution < -0.4 is 0 Å². The fourth-order valence-electron chi connectivity index (χ4n) is 2.06. The van der Waals surface area contributed by atoms with Gasteiger partial charge >= 0.3 is 0 Å². The zero-order valence-corrected chi connectivity index (χ0v) is 11.1. The van der Waals surface area contributed by atoms with Crippen molar-refractivity contribution in [2.45, 2.75) is 52.4 Å². The Hall–Kier alpha value is -0.860. The van der Waals surface area contributed by atoms with Crippen LogP contribution in [0, 0.1) is 5.92 Å². The van der Waals surface area contributed by atoms with Gasteiger partial charge in [-0.1, -0.05) is 57.0 Å². The Labute approximate surface area is 105 Å². The molecule has 0 bridgehead atoms. The van der Waals surface area contributed by atoms with Gasteiger partial charge in [-0.2, -0.15) is 0 Å². The Kier molecular flexibility index (Phi) is 6.23. The maximum atomic E-state index is 10.1. The summed E-state index contributed by atoms with van der Waals surface area (Å²) < 4.78 is 5.72. The first kappa shape index (κ1) is 14.2. The third-order valence-electron chi connectivity index (χ3n) is 3.37. The number of aliphatic hydroxyl groups is 1. The number of aliphatic hydroxyl groups excluding tert-OH is 1. The summed E-state index contributed by atoms with van der Waals surface area (Å²) in [6, 6.07) is 10.1. The van der Waals surface area contributed by atoms with Crippen LogP contribution in [-0.4, -0.2) is 17.3 Å². The summed E-state index contributed by atoms with van der Waals surface area (Å²) in [7, 11) is 0. The number of rotatable bonds is 7. The van der Waals surface area contributed by atoms with E-state index in [-0.39, 0.29) is 12.2 Å². The van der Waals surface area contributed by atoms with Gasteiger partial charge in [-0.15, -0.1) is 0 Å². The number of benzene rings is 1. The lowest BCUT2D eigenvalue weighted by atomic mass is 9.93. The fraction of sp³-hybridized carbons (Fsp3) is 0.600. The van der Waals surface area contributed by atoms with Gasteiger partial charge in [0.15, 0.2) is 0 Å². The summed E-state index contributed by atoms with van der Waals surface area (Å²) in [5.74, 6) is 0.334. The van der Waals surface area contributed by atoms with Crippen LogP contribution in [0.3, 0.4) is 0 Å². The molecule has 0 spiro atoms. The Morgan fingerprint density at radius 3 is 2.24 bits per heavy atom. The van der Waals surface area contributed by atoms with Crippen molar-refractivity contribution in [3.05, 3.63) is 35.9 Å². The van der Waals surface area contributed by atoms with Gasteiger partial charge in [-0.25, -0.2) is 0 Å². The molecule has 1 rings (SSSR count). The predicted molar refractivity (Wildman–Crippen MR) is 70.8 cm³/mol. The van der Waals surface area contributed by atoms with Crippen molar-refractivity contribution in [3.63, 3.8) is 0 Å². The minimum atomic E-state index is -0.367. The average Bonchev–Trinajstić information content (AvgIpc) is 2.38. The molecule has 0 aromatic heterocycles. The molecule has 0 unspecified atom stereocenters. The van der Waals surface area contributed by atoms with Gasteiger partial charge in [-0.05, 0) is 18.4 Å². The number of hydrogen-bond acceptors (Lipinski definition) is 2. The van der Waals surface area contributed by atoms with Gasteiger partial charge in [0.1, 0.15) is 0 Å². The van der Waals surface area contributed by atoms with Crippen LogP contribution in [0.5, 0.6) is 0 Å². The third kappa shape index (κ3) is 4.49. The lowest BCUT2D eigenvalue weighted by Gasteiger charge is -2.26. The van der Waals surface area contributed by atoms with Crippen LogP contribution >= 0.6 is 0 Å². The van der Waals surface area contributed by atoms with E-state index in [9.17, 15) is 5.11 Å². The van der Waals surface area contributed by atoms with Crippen LogP contribution in [0.15, 0.2) is 30.3 Å². The zero-order valence-electron chi connectivity index (χ0n) is 11.1. The van der Waals surface area contributed by atoms with E-state index in [0.29, 0.717) is 12.5 Å². The van der Waals surface area contributed by atoms with E-state index in [1.54, 1.807) is 0 Å². The molecule has 0 aliphatic carbocycles. The third-order valence-corrected chi connectivity index (χ3v) is 3.37. The molecule has 0 saturated heterocycles. The van der Waals surface area contributed by atoms with Crippen molar-refractivity contribution in [3.8, 4) is 0 Å². The SMILES string of the molecule is CCC(CC)[C@H](O)[C@H](C)OCc1ccccc1. The summed E-state index contributed by atoms with van der Waals surface area (Å²) >= 11 is 0. The number of hydrogen-bond donors (Lipinski definition) is 1. The topological polar surface area (TPSA) is 29.5 Å². The molecule has 0 radical (unpaired) electrons. The minimum absolute atomic E-state index is 0.111. The Bertz CT molecular complexity index is 293. The highest BCUT2D eigenvalue weighted by atomic mass is 16.5. The normalized spacial score (nSPS) is 14.9. The molecule has 96 valence electrons. The molecule has 0 saturated carbocycles. The summed E-state index contributed by atoms with van der Waals surface area (Å²) in [4.78, 5) is 0. The molecule has 0 aliphatic rings. The molecular weight excluding hydrogens is 212 g/mol. The first-order chi connectivity index (χ1) is 8.19. The summed E-state index contributed by atoms with van der Waals surface area (Å²) in [5.41, 5.74) is 1.15. The van der Waals surface area contributed by atoms with E-state index in [4.69, 9.17) is 4.74 Å². The van der Waals surface area contributed by atoms with Crippen LogP contribution in [0.2, 0.25) is 0 Å². The van der Waals surface area contributed by atoms with Crippen LogP contribution in [0.4, 0.5) is 0 Å².